The number of nitrogens with one attached hydrogen (secondary N) is 1. The maximum absolute atomic E-state index is 13.3. The summed E-state index contributed by atoms with van der Waals surface area (Å²) in [4.78, 5) is 26.2. The van der Waals surface area contributed by atoms with E-state index in [9.17, 15) is 14.0 Å². The summed E-state index contributed by atoms with van der Waals surface area (Å²) in [5, 5.41) is 2.88. The van der Waals surface area contributed by atoms with Gasteiger partial charge in [-0.15, -0.1) is 12.8 Å². The summed E-state index contributed by atoms with van der Waals surface area (Å²) >= 11 is 3.52. The molecule has 1 aliphatic rings. The molecule has 1 aromatic rings. The topological polar surface area (TPSA) is 77.0 Å². The number of terminal acetylenes is 1. The lowest BCUT2D eigenvalue weighted by atomic mass is 10.1. The maximum Gasteiger partial charge on any atom is 0.293 e. The van der Waals surface area contributed by atoms with Gasteiger partial charge in [-0.2, -0.15) is 0 Å². The first-order valence-corrected chi connectivity index (χ1v) is 13.2. The van der Waals surface area contributed by atoms with E-state index in [4.69, 9.17) is 4.74 Å². The first-order chi connectivity index (χ1) is 18.8. The van der Waals surface area contributed by atoms with Crippen LogP contribution in [0.3, 0.4) is 0 Å². The number of ether oxygens (including phenoxy) is 2. The van der Waals surface area contributed by atoms with Crippen LogP contribution in [0.25, 0.3) is 0 Å². The van der Waals surface area contributed by atoms with Gasteiger partial charge in [0, 0.05) is 17.2 Å². The van der Waals surface area contributed by atoms with Gasteiger partial charge in [-0.3, -0.25) is 14.6 Å². The molecule has 6 nitrogen and oxygen atoms in total. The maximum atomic E-state index is 13.3. The Morgan fingerprint density at radius 2 is 1.87 bits per heavy atom. The van der Waals surface area contributed by atoms with Gasteiger partial charge in [0.05, 0.1) is 18.7 Å². The number of halogens is 2. The van der Waals surface area contributed by atoms with Gasteiger partial charge < -0.3 is 14.8 Å². The molecule has 8 heteroatoms. The van der Waals surface area contributed by atoms with Crippen molar-refractivity contribution in [3.63, 3.8) is 0 Å². The van der Waals surface area contributed by atoms with E-state index >= 15 is 0 Å². The first kappa shape index (κ1) is 37.5. The zero-order chi connectivity index (χ0) is 30.1. The molecule has 1 amide bonds. The number of benzene rings is 1. The summed E-state index contributed by atoms with van der Waals surface area (Å²) in [6, 6.07) is 9.75. The second-order valence-electron chi connectivity index (χ2n) is 7.30. The van der Waals surface area contributed by atoms with Crippen molar-refractivity contribution in [1.82, 2.24) is 5.32 Å². The molecule has 2 rings (SSSR count). The highest BCUT2D eigenvalue weighted by Crippen LogP contribution is 2.20. The number of allylic oxidation sites excluding steroid dienone is 6. The molecule has 0 saturated carbocycles. The Hall–Kier alpha value is -3.70. The number of hydrogen-bond donors (Lipinski definition) is 1. The average Bonchev–Trinajstić information content (AvgIpc) is 2.98. The summed E-state index contributed by atoms with van der Waals surface area (Å²) in [7, 11) is 0. The number of amides is 1. The highest BCUT2D eigenvalue weighted by molar-refractivity contribution is 9.11. The van der Waals surface area contributed by atoms with Crippen molar-refractivity contribution in [3.05, 3.63) is 93.5 Å². The largest absolute Gasteiger partial charge is 0.491 e. The van der Waals surface area contributed by atoms with Crippen LogP contribution in [-0.4, -0.2) is 38.3 Å². The zero-order valence-corrected chi connectivity index (χ0v) is 25.1. The SMILES string of the molecule is C#C.C=C(/C=C\C(F)=C/C)C/C1=C(\Br)CNC(=O)/C(C)=C(/OCc2ccccc2)CN=C1.CC.CCOC=O. The summed E-state index contributed by atoms with van der Waals surface area (Å²) < 4.78 is 24.2. The zero-order valence-electron chi connectivity index (χ0n) is 23.5. The summed E-state index contributed by atoms with van der Waals surface area (Å²) in [6.07, 6.45) is 14.6. The number of hydrogen-bond acceptors (Lipinski definition) is 5. The number of aliphatic imine (C=N–C) groups is 1. The van der Waals surface area contributed by atoms with Crippen molar-refractivity contribution in [2.24, 2.45) is 4.99 Å². The molecule has 0 atom stereocenters. The quantitative estimate of drug-likeness (QED) is 0.185. The molecule has 0 fully saturated rings. The molecule has 0 spiro atoms. The second kappa shape index (κ2) is 24.6. The van der Waals surface area contributed by atoms with Crippen LogP contribution in [-0.2, 0) is 25.7 Å². The van der Waals surface area contributed by atoms with Crippen LogP contribution in [0.15, 0.2) is 92.9 Å². The third-order valence-corrected chi connectivity index (χ3v) is 5.45. The molecule has 0 aromatic heterocycles. The molecule has 0 aliphatic carbocycles. The highest BCUT2D eigenvalue weighted by atomic mass is 79.9. The van der Waals surface area contributed by atoms with Crippen LogP contribution in [0.4, 0.5) is 4.39 Å². The number of carbonyl (C=O) groups excluding carboxylic acids is 2. The van der Waals surface area contributed by atoms with E-state index in [1.807, 2.05) is 44.2 Å². The second-order valence-corrected chi connectivity index (χ2v) is 8.26. The van der Waals surface area contributed by atoms with Crippen molar-refractivity contribution in [2.75, 3.05) is 19.7 Å². The minimum absolute atomic E-state index is 0.208. The predicted octanol–water partition coefficient (Wildman–Crippen LogP) is 7.16. The molecular formula is C31H40BrFN2O4. The van der Waals surface area contributed by atoms with Gasteiger partial charge in [0.15, 0.2) is 0 Å². The van der Waals surface area contributed by atoms with Gasteiger partial charge in [0.1, 0.15) is 18.2 Å². The fraction of sp³-hybridized carbons (Fsp3) is 0.323. The Labute approximate surface area is 241 Å². The Kier molecular flexibility index (Phi) is 23.6. The van der Waals surface area contributed by atoms with Gasteiger partial charge in [-0.05, 0) is 44.4 Å². The van der Waals surface area contributed by atoms with Crippen LogP contribution in [0.5, 0.6) is 0 Å². The van der Waals surface area contributed by atoms with Crippen molar-refractivity contribution >= 4 is 34.5 Å². The monoisotopic (exact) mass is 602 g/mol. The minimum atomic E-state index is -0.322. The smallest absolute Gasteiger partial charge is 0.293 e. The van der Waals surface area contributed by atoms with Crippen LogP contribution in [0.1, 0.15) is 46.6 Å². The number of rotatable bonds is 9. The van der Waals surface area contributed by atoms with E-state index in [1.54, 1.807) is 33.1 Å². The summed E-state index contributed by atoms with van der Waals surface area (Å²) in [5.74, 6) is -0.00362. The Morgan fingerprint density at radius 3 is 2.41 bits per heavy atom. The van der Waals surface area contributed by atoms with Gasteiger partial charge in [-0.1, -0.05) is 84.4 Å². The fourth-order valence-electron chi connectivity index (χ4n) is 2.66. The third-order valence-electron chi connectivity index (χ3n) is 4.66. The first-order valence-electron chi connectivity index (χ1n) is 12.4. The average molecular weight is 604 g/mol. The molecular weight excluding hydrogens is 563 g/mol. The van der Waals surface area contributed by atoms with Crippen molar-refractivity contribution in [2.45, 2.75) is 47.6 Å². The lowest BCUT2D eigenvalue weighted by Crippen LogP contribution is -2.27. The van der Waals surface area contributed by atoms with Crippen molar-refractivity contribution in [1.29, 1.82) is 0 Å². The third kappa shape index (κ3) is 17.4. The number of nitrogens with zero attached hydrogens (tertiary/aromatic N) is 1. The molecule has 212 valence electrons. The minimum Gasteiger partial charge on any atom is -0.491 e. The summed E-state index contributed by atoms with van der Waals surface area (Å²) in [5.41, 5.74) is 3.09. The van der Waals surface area contributed by atoms with Crippen LogP contribution in [0, 0.1) is 12.8 Å². The molecule has 1 N–H and O–H groups in total. The van der Waals surface area contributed by atoms with Crippen LogP contribution >= 0.6 is 15.9 Å². The molecule has 1 aliphatic heterocycles. The molecule has 1 aromatic carbocycles. The van der Waals surface area contributed by atoms with Gasteiger partial charge in [0.25, 0.3) is 12.4 Å². The Balaban J connectivity index is 0. The normalized spacial score (nSPS) is 17.2. The Morgan fingerprint density at radius 1 is 1.23 bits per heavy atom. The summed E-state index contributed by atoms with van der Waals surface area (Å²) in [6.45, 7) is 14.9. The van der Waals surface area contributed by atoms with Crippen LogP contribution < -0.4 is 5.32 Å². The van der Waals surface area contributed by atoms with E-state index in [-0.39, 0.29) is 18.3 Å². The van der Waals surface area contributed by atoms with E-state index in [2.05, 4.69) is 50.4 Å². The fourth-order valence-corrected chi connectivity index (χ4v) is 3.05. The van der Waals surface area contributed by atoms with Crippen molar-refractivity contribution in [3.8, 4) is 12.8 Å². The predicted molar refractivity (Wildman–Crippen MR) is 163 cm³/mol. The van der Waals surface area contributed by atoms with E-state index in [0.717, 1.165) is 21.2 Å². The van der Waals surface area contributed by atoms with Crippen LogP contribution in [0.2, 0.25) is 0 Å². The number of carbonyl (C=O) groups is 2. The van der Waals surface area contributed by atoms with E-state index < -0.39 is 0 Å². The Bertz CT molecular complexity index is 1050. The molecule has 0 radical (unpaired) electrons. The van der Waals surface area contributed by atoms with E-state index in [0.29, 0.717) is 44.0 Å². The molecule has 0 unspecified atom stereocenters. The van der Waals surface area contributed by atoms with Gasteiger partial charge in [-0.25, -0.2) is 4.39 Å². The highest BCUT2D eigenvalue weighted by Gasteiger charge is 2.15. The van der Waals surface area contributed by atoms with E-state index in [1.165, 1.54) is 12.2 Å². The standard InChI is InChI=1S/C24H26BrFN2O2.C3H6O2.C2H6.C2H2/c1-4-21(26)11-10-17(2)12-20-13-27-15-23(18(3)24(29)28-14-22(20)25)30-16-19-8-6-5-7-9-19;1-2-5-3-4;2*1-2/h4-11,13H,2,12,14-16H2,1,3H3,(H,28,29);3H,2H2,1H3;1-2H3;1-2H/b11-10-,21-4+,22-20+,23-18+,27-13?;;;. The van der Waals surface area contributed by atoms with Crippen molar-refractivity contribution < 1.29 is 23.5 Å². The van der Waals surface area contributed by atoms with Gasteiger partial charge >= 0.3 is 0 Å². The molecule has 0 saturated heterocycles. The molecule has 39 heavy (non-hydrogen) atoms. The molecule has 0 bridgehead atoms. The van der Waals surface area contributed by atoms with Gasteiger partial charge in [0.2, 0.25) is 0 Å². The molecule has 1 heterocycles. The lowest BCUT2D eigenvalue weighted by molar-refractivity contribution is -0.128. The lowest BCUT2D eigenvalue weighted by Gasteiger charge is -2.15.